The Balaban J connectivity index is 1.62. The molecule has 1 N–H and O–H groups in total. The van der Waals surface area contributed by atoms with E-state index in [0.29, 0.717) is 5.92 Å². The van der Waals surface area contributed by atoms with Gasteiger partial charge in [0.2, 0.25) is 5.95 Å². The van der Waals surface area contributed by atoms with Crippen molar-refractivity contribution in [3.8, 4) is 5.75 Å². The van der Waals surface area contributed by atoms with E-state index in [0.717, 1.165) is 36.9 Å². The van der Waals surface area contributed by atoms with E-state index < -0.39 is 0 Å². The van der Waals surface area contributed by atoms with Crippen molar-refractivity contribution in [1.82, 2.24) is 9.55 Å². The highest BCUT2D eigenvalue weighted by Crippen LogP contribution is 2.28. The second kappa shape index (κ2) is 5.80. The van der Waals surface area contributed by atoms with Gasteiger partial charge in [-0.2, -0.15) is 0 Å². The maximum absolute atomic E-state index is 5.96. The Morgan fingerprint density at radius 1 is 1.38 bits per heavy atom. The lowest BCUT2D eigenvalue weighted by atomic mass is 10.1. The normalized spacial score (nSPS) is 16.9. The highest BCUT2D eigenvalue weighted by atomic mass is 16.5. The number of ether oxygens (including phenoxy) is 1. The Kier molecular flexibility index (Phi) is 3.86. The van der Waals surface area contributed by atoms with Gasteiger partial charge in [0, 0.05) is 19.2 Å². The van der Waals surface area contributed by atoms with E-state index in [1.807, 2.05) is 19.1 Å². The van der Waals surface area contributed by atoms with Crippen molar-refractivity contribution < 1.29 is 4.74 Å². The lowest BCUT2D eigenvalue weighted by Gasteiger charge is -2.15. The van der Waals surface area contributed by atoms with Gasteiger partial charge >= 0.3 is 0 Å². The molecule has 1 aliphatic heterocycles. The van der Waals surface area contributed by atoms with Crippen LogP contribution in [0.2, 0.25) is 0 Å². The molecule has 0 amide bonds. The summed E-state index contributed by atoms with van der Waals surface area (Å²) in [5.41, 5.74) is 2.35. The lowest BCUT2D eigenvalue weighted by Crippen LogP contribution is -2.25. The van der Waals surface area contributed by atoms with Gasteiger partial charge in [-0.25, -0.2) is 4.98 Å². The van der Waals surface area contributed by atoms with Crippen LogP contribution in [0, 0.1) is 12.8 Å². The molecule has 1 aromatic carbocycles. The average molecular weight is 285 g/mol. The second-order valence-electron chi connectivity index (χ2n) is 6.18. The zero-order valence-electron chi connectivity index (χ0n) is 13.0. The monoisotopic (exact) mass is 285 g/mol. The summed E-state index contributed by atoms with van der Waals surface area (Å²) in [5.74, 6) is 2.57. The second-order valence-corrected chi connectivity index (χ2v) is 6.18. The van der Waals surface area contributed by atoms with Crippen LogP contribution >= 0.6 is 0 Å². The number of hydrogen-bond acceptors (Lipinski definition) is 3. The third-order valence-electron chi connectivity index (χ3n) is 3.66. The summed E-state index contributed by atoms with van der Waals surface area (Å²) in [7, 11) is 0. The van der Waals surface area contributed by atoms with Crippen LogP contribution < -0.4 is 10.1 Å². The largest absolute Gasteiger partial charge is 0.488 e. The molecule has 0 aliphatic carbocycles. The third-order valence-corrected chi connectivity index (χ3v) is 3.66. The lowest BCUT2D eigenvalue weighted by molar-refractivity contribution is 0.246. The molecule has 0 fully saturated rings. The average Bonchev–Trinajstić information content (AvgIpc) is 2.98. The zero-order valence-corrected chi connectivity index (χ0v) is 13.0. The summed E-state index contributed by atoms with van der Waals surface area (Å²) in [6.45, 7) is 8.23. The van der Waals surface area contributed by atoms with E-state index >= 15 is 0 Å². The third kappa shape index (κ3) is 3.20. The summed E-state index contributed by atoms with van der Waals surface area (Å²) < 4.78 is 8.15. The Hall–Kier alpha value is -1.97. The van der Waals surface area contributed by atoms with E-state index in [4.69, 9.17) is 4.74 Å². The van der Waals surface area contributed by atoms with Crippen molar-refractivity contribution in [1.29, 1.82) is 0 Å². The Labute approximate surface area is 126 Å². The summed E-state index contributed by atoms with van der Waals surface area (Å²) in [5, 5.41) is 3.44. The number of benzene rings is 1. The molecule has 0 radical (unpaired) electrons. The van der Waals surface area contributed by atoms with Crippen molar-refractivity contribution in [3.63, 3.8) is 0 Å². The predicted octanol–water partition coefficient (Wildman–Crippen LogP) is 3.26. The molecule has 0 saturated carbocycles. The standard InChI is InChI=1S/C17H23N3O/c1-12(2)10-20-11-13(3)19-17(20)18-9-15-8-14-6-4-5-7-16(14)21-15/h4-7,11-12,15H,8-10H2,1-3H3,(H,18,19). The molecule has 1 aromatic heterocycles. The molecule has 1 atom stereocenters. The molecule has 112 valence electrons. The smallest absolute Gasteiger partial charge is 0.203 e. The molecule has 21 heavy (non-hydrogen) atoms. The van der Waals surface area contributed by atoms with Crippen molar-refractivity contribution >= 4 is 5.95 Å². The predicted molar refractivity (Wildman–Crippen MR) is 84.9 cm³/mol. The molecule has 0 bridgehead atoms. The van der Waals surface area contributed by atoms with Crippen LogP contribution in [0.4, 0.5) is 5.95 Å². The van der Waals surface area contributed by atoms with Crippen molar-refractivity contribution in [2.45, 2.75) is 39.8 Å². The maximum atomic E-state index is 5.96. The van der Waals surface area contributed by atoms with Gasteiger partial charge < -0.3 is 14.6 Å². The fraction of sp³-hybridized carbons (Fsp3) is 0.471. The van der Waals surface area contributed by atoms with E-state index in [1.54, 1.807) is 0 Å². The fourth-order valence-electron chi connectivity index (χ4n) is 2.79. The minimum Gasteiger partial charge on any atom is -0.488 e. The number of hydrogen-bond donors (Lipinski definition) is 1. The first-order chi connectivity index (χ1) is 10.1. The first-order valence-corrected chi connectivity index (χ1v) is 7.64. The number of fused-ring (bicyclic) bond motifs is 1. The van der Waals surface area contributed by atoms with Gasteiger partial charge in [-0.1, -0.05) is 32.0 Å². The van der Waals surface area contributed by atoms with Gasteiger partial charge in [-0.3, -0.25) is 0 Å². The van der Waals surface area contributed by atoms with Gasteiger partial charge in [0.05, 0.1) is 12.2 Å². The number of nitrogens with one attached hydrogen (secondary N) is 1. The fourth-order valence-corrected chi connectivity index (χ4v) is 2.79. The zero-order chi connectivity index (χ0) is 14.8. The Bertz CT molecular complexity index is 593. The molecule has 4 heteroatoms. The first-order valence-electron chi connectivity index (χ1n) is 7.64. The molecule has 4 nitrogen and oxygen atoms in total. The number of aromatic nitrogens is 2. The van der Waals surface area contributed by atoms with Crippen molar-refractivity contribution in [2.75, 3.05) is 11.9 Å². The van der Waals surface area contributed by atoms with Gasteiger partial charge in [0.1, 0.15) is 11.9 Å². The minimum absolute atomic E-state index is 0.187. The van der Waals surface area contributed by atoms with E-state index in [9.17, 15) is 0 Å². The number of aryl methyl sites for hydroxylation is 1. The van der Waals surface area contributed by atoms with Crippen LogP contribution in [-0.2, 0) is 13.0 Å². The summed E-state index contributed by atoms with van der Waals surface area (Å²) in [4.78, 5) is 4.57. The van der Waals surface area contributed by atoms with E-state index in [-0.39, 0.29) is 6.10 Å². The van der Waals surface area contributed by atoms with E-state index in [1.165, 1.54) is 5.56 Å². The van der Waals surface area contributed by atoms with Crippen LogP contribution in [-0.4, -0.2) is 22.2 Å². The van der Waals surface area contributed by atoms with Gasteiger partial charge in [-0.05, 0) is 24.5 Å². The summed E-state index contributed by atoms with van der Waals surface area (Å²) in [6.07, 6.45) is 3.26. The van der Waals surface area contributed by atoms with Crippen LogP contribution in [0.25, 0.3) is 0 Å². The maximum Gasteiger partial charge on any atom is 0.203 e. The summed E-state index contributed by atoms with van der Waals surface area (Å²) in [6, 6.07) is 8.27. The molecule has 0 spiro atoms. The Morgan fingerprint density at radius 2 is 2.19 bits per heavy atom. The number of para-hydroxylation sites is 1. The van der Waals surface area contributed by atoms with Crippen LogP contribution in [0.15, 0.2) is 30.5 Å². The molecular weight excluding hydrogens is 262 g/mol. The molecule has 2 heterocycles. The molecule has 1 aliphatic rings. The van der Waals surface area contributed by atoms with Gasteiger partial charge in [0.15, 0.2) is 0 Å². The van der Waals surface area contributed by atoms with Crippen LogP contribution in [0.1, 0.15) is 25.1 Å². The van der Waals surface area contributed by atoms with Crippen LogP contribution in [0.3, 0.4) is 0 Å². The van der Waals surface area contributed by atoms with Crippen molar-refractivity contribution in [2.24, 2.45) is 5.92 Å². The highest BCUT2D eigenvalue weighted by molar-refractivity contribution is 5.38. The first kappa shape index (κ1) is 14.0. The minimum atomic E-state index is 0.187. The number of anilines is 1. The van der Waals surface area contributed by atoms with Gasteiger partial charge in [0.25, 0.3) is 0 Å². The molecule has 2 aromatic rings. The molecular formula is C17H23N3O. The Morgan fingerprint density at radius 3 is 2.95 bits per heavy atom. The highest BCUT2D eigenvalue weighted by Gasteiger charge is 2.22. The number of nitrogens with zero attached hydrogens (tertiary/aromatic N) is 2. The quantitative estimate of drug-likeness (QED) is 0.916. The van der Waals surface area contributed by atoms with Gasteiger partial charge in [-0.15, -0.1) is 0 Å². The van der Waals surface area contributed by atoms with E-state index in [2.05, 4.69) is 47.0 Å². The number of imidazole rings is 1. The molecule has 0 saturated heterocycles. The topological polar surface area (TPSA) is 39.1 Å². The van der Waals surface area contributed by atoms with Crippen molar-refractivity contribution in [3.05, 3.63) is 41.7 Å². The molecule has 3 rings (SSSR count). The SMILES string of the molecule is Cc1cn(CC(C)C)c(NCC2Cc3ccccc3O2)n1. The number of rotatable bonds is 5. The molecule has 1 unspecified atom stereocenters. The van der Waals surface area contributed by atoms with Crippen LogP contribution in [0.5, 0.6) is 5.75 Å². The summed E-state index contributed by atoms with van der Waals surface area (Å²) >= 11 is 0.